The molecule has 148 valence electrons. The van der Waals surface area contributed by atoms with Gasteiger partial charge in [0.05, 0.1) is 5.69 Å². The zero-order valence-corrected chi connectivity index (χ0v) is 16.5. The third-order valence-electron chi connectivity index (χ3n) is 4.71. The van der Waals surface area contributed by atoms with Crippen LogP contribution in [0.1, 0.15) is 35.0 Å². The maximum Gasteiger partial charge on any atom is 0.306 e. The van der Waals surface area contributed by atoms with Crippen LogP contribution in [0.25, 0.3) is 17.1 Å². The number of ether oxygens (including phenoxy) is 1. The molecule has 0 unspecified atom stereocenters. The zero-order valence-electron chi connectivity index (χ0n) is 16.5. The van der Waals surface area contributed by atoms with Crippen molar-refractivity contribution in [3.63, 3.8) is 0 Å². The van der Waals surface area contributed by atoms with Crippen LogP contribution >= 0.6 is 0 Å². The molecule has 0 spiro atoms. The van der Waals surface area contributed by atoms with E-state index in [-0.39, 0.29) is 24.9 Å². The van der Waals surface area contributed by atoms with Crippen LogP contribution in [-0.4, -0.2) is 30.8 Å². The third kappa shape index (κ3) is 4.01. The molecule has 0 bridgehead atoms. The number of aryl methyl sites for hydroxylation is 3. The fraction of sp³-hybridized carbons (Fsp3) is 0.286. The largest absolute Gasteiger partial charge is 0.456 e. The summed E-state index contributed by atoms with van der Waals surface area (Å²) in [5, 5.41) is 12.4. The van der Waals surface area contributed by atoms with Crippen molar-refractivity contribution < 1.29 is 13.9 Å². The number of carbonyl (C=O) groups excluding carboxylic acids is 1. The number of fused-ring (bicyclic) bond motifs is 1. The quantitative estimate of drug-likeness (QED) is 0.465. The van der Waals surface area contributed by atoms with Gasteiger partial charge in [-0.2, -0.15) is 5.10 Å². The van der Waals surface area contributed by atoms with Crippen molar-refractivity contribution in [2.75, 3.05) is 0 Å². The monoisotopic (exact) mass is 391 g/mol. The Kier molecular flexibility index (Phi) is 5.07. The molecule has 1 aromatic carbocycles. The van der Waals surface area contributed by atoms with Crippen LogP contribution in [0.2, 0.25) is 0 Å². The fourth-order valence-corrected chi connectivity index (χ4v) is 3.25. The number of esters is 1. The molecule has 8 nitrogen and oxygen atoms in total. The van der Waals surface area contributed by atoms with Gasteiger partial charge in [0.25, 0.3) is 5.89 Å². The topological polar surface area (TPSA) is 95.4 Å². The van der Waals surface area contributed by atoms with E-state index in [4.69, 9.17) is 9.15 Å². The molecule has 3 heterocycles. The second-order valence-electron chi connectivity index (χ2n) is 6.84. The highest BCUT2D eigenvalue weighted by molar-refractivity contribution is 5.69. The van der Waals surface area contributed by atoms with E-state index in [1.807, 2.05) is 61.7 Å². The van der Waals surface area contributed by atoms with Gasteiger partial charge in [-0.1, -0.05) is 18.2 Å². The summed E-state index contributed by atoms with van der Waals surface area (Å²) in [4.78, 5) is 16.8. The predicted molar refractivity (Wildman–Crippen MR) is 105 cm³/mol. The summed E-state index contributed by atoms with van der Waals surface area (Å²) in [5.41, 5.74) is 5.42. The molecule has 0 fully saturated rings. The van der Waals surface area contributed by atoms with Crippen molar-refractivity contribution in [2.45, 2.75) is 40.2 Å². The van der Waals surface area contributed by atoms with Crippen molar-refractivity contribution in [3.05, 3.63) is 64.9 Å². The highest BCUT2D eigenvalue weighted by atomic mass is 16.5. The average molecular weight is 391 g/mol. The van der Waals surface area contributed by atoms with E-state index in [9.17, 15) is 4.79 Å². The molecule has 0 radical (unpaired) electrons. The van der Waals surface area contributed by atoms with Crippen LogP contribution in [0.5, 0.6) is 0 Å². The van der Waals surface area contributed by atoms with Gasteiger partial charge >= 0.3 is 5.97 Å². The molecule has 0 aliphatic rings. The number of hydrogen-bond acceptors (Lipinski definition) is 7. The zero-order chi connectivity index (χ0) is 20.4. The molecule has 0 N–H and O–H groups in total. The summed E-state index contributed by atoms with van der Waals surface area (Å²) < 4.78 is 12.7. The van der Waals surface area contributed by atoms with E-state index in [2.05, 4.69) is 20.3 Å². The third-order valence-corrected chi connectivity index (χ3v) is 4.71. The summed E-state index contributed by atoms with van der Waals surface area (Å²) in [7, 11) is 0. The molecule has 0 saturated carbocycles. The summed E-state index contributed by atoms with van der Waals surface area (Å²) in [6.45, 7) is 5.81. The molecule has 3 aromatic heterocycles. The first kappa shape index (κ1) is 18.8. The molecule has 0 atom stereocenters. The summed E-state index contributed by atoms with van der Waals surface area (Å²) in [5.74, 6) is 0.330. The summed E-state index contributed by atoms with van der Waals surface area (Å²) in [6.07, 6.45) is 0.756. The molecule has 0 saturated heterocycles. The number of nitrogens with zero attached hydrogens (tertiary/aromatic N) is 5. The van der Waals surface area contributed by atoms with Crippen molar-refractivity contribution >= 4 is 11.6 Å². The Balaban J connectivity index is 1.36. The van der Waals surface area contributed by atoms with Gasteiger partial charge in [-0.05, 0) is 44.9 Å². The molecule has 0 aliphatic heterocycles. The van der Waals surface area contributed by atoms with Gasteiger partial charge in [-0.3, -0.25) is 4.79 Å². The Labute approximate surface area is 167 Å². The lowest BCUT2D eigenvalue weighted by Gasteiger charge is -2.10. The van der Waals surface area contributed by atoms with Gasteiger partial charge < -0.3 is 9.15 Å². The number of benzene rings is 1. The SMILES string of the molecule is Cc1cc2nc(C)c(CCC(=O)OCc3nnc(-c4ccccc4)o3)c(C)n2n1. The molecule has 0 amide bonds. The van der Waals surface area contributed by atoms with Crippen LogP contribution in [0, 0.1) is 20.8 Å². The lowest BCUT2D eigenvalue weighted by Crippen LogP contribution is -2.10. The Bertz CT molecular complexity index is 1160. The number of rotatable bonds is 6. The molecule has 8 heteroatoms. The van der Waals surface area contributed by atoms with E-state index in [0.29, 0.717) is 12.3 Å². The fourth-order valence-electron chi connectivity index (χ4n) is 3.25. The van der Waals surface area contributed by atoms with Gasteiger partial charge in [-0.25, -0.2) is 9.50 Å². The highest BCUT2D eigenvalue weighted by Gasteiger charge is 2.15. The predicted octanol–water partition coefficient (Wildman–Crippen LogP) is 3.38. The molecule has 0 aliphatic carbocycles. The minimum absolute atomic E-state index is 0.0493. The summed E-state index contributed by atoms with van der Waals surface area (Å²) in [6, 6.07) is 11.4. The van der Waals surface area contributed by atoms with Crippen LogP contribution in [0.15, 0.2) is 40.8 Å². The minimum Gasteiger partial charge on any atom is -0.456 e. The van der Waals surface area contributed by atoms with Crippen LogP contribution in [0.4, 0.5) is 0 Å². The van der Waals surface area contributed by atoms with Gasteiger partial charge in [-0.15, -0.1) is 10.2 Å². The van der Waals surface area contributed by atoms with Crippen LogP contribution < -0.4 is 0 Å². The van der Waals surface area contributed by atoms with E-state index in [0.717, 1.165) is 33.9 Å². The first-order chi connectivity index (χ1) is 14.0. The smallest absolute Gasteiger partial charge is 0.306 e. The van der Waals surface area contributed by atoms with Gasteiger partial charge in [0.15, 0.2) is 12.3 Å². The average Bonchev–Trinajstić information content (AvgIpc) is 3.33. The van der Waals surface area contributed by atoms with Crippen molar-refractivity contribution in [2.24, 2.45) is 0 Å². The van der Waals surface area contributed by atoms with Gasteiger partial charge in [0.1, 0.15) is 0 Å². The maximum absolute atomic E-state index is 12.2. The highest BCUT2D eigenvalue weighted by Crippen LogP contribution is 2.19. The first-order valence-electron chi connectivity index (χ1n) is 9.37. The number of aromatic nitrogens is 5. The molecular weight excluding hydrogens is 370 g/mol. The van der Waals surface area contributed by atoms with Crippen molar-refractivity contribution in [1.82, 2.24) is 24.8 Å². The molecule has 4 aromatic rings. The summed E-state index contributed by atoms with van der Waals surface area (Å²) >= 11 is 0. The lowest BCUT2D eigenvalue weighted by molar-refractivity contribution is -0.145. The Morgan fingerprint density at radius 1 is 1.14 bits per heavy atom. The number of hydrogen-bond donors (Lipinski definition) is 0. The van der Waals surface area contributed by atoms with Crippen LogP contribution in [0.3, 0.4) is 0 Å². The van der Waals surface area contributed by atoms with Crippen LogP contribution in [-0.2, 0) is 22.6 Å². The minimum atomic E-state index is -0.333. The Morgan fingerprint density at radius 2 is 1.93 bits per heavy atom. The second kappa shape index (κ2) is 7.83. The number of carbonyl (C=O) groups is 1. The normalized spacial score (nSPS) is 11.1. The van der Waals surface area contributed by atoms with E-state index in [1.54, 1.807) is 0 Å². The van der Waals surface area contributed by atoms with E-state index in [1.165, 1.54) is 0 Å². The van der Waals surface area contributed by atoms with E-state index >= 15 is 0 Å². The lowest BCUT2D eigenvalue weighted by atomic mass is 10.1. The molecule has 29 heavy (non-hydrogen) atoms. The standard InChI is InChI=1S/C21H21N5O3/c1-13-11-18-22-14(2)17(15(3)26(18)25-13)9-10-20(27)28-12-19-23-24-21(29-19)16-7-5-4-6-8-16/h4-8,11H,9-10,12H2,1-3H3. The van der Waals surface area contributed by atoms with Gasteiger partial charge in [0, 0.05) is 29.4 Å². The van der Waals surface area contributed by atoms with Crippen molar-refractivity contribution in [3.8, 4) is 11.5 Å². The van der Waals surface area contributed by atoms with E-state index < -0.39 is 0 Å². The Hall–Kier alpha value is -3.55. The first-order valence-corrected chi connectivity index (χ1v) is 9.37. The maximum atomic E-state index is 12.2. The second-order valence-corrected chi connectivity index (χ2v) is 6.84. The van der Waals surface area contributed by atoms with Crippen molar-refractivity contribution in [1.29, 1.82) is 0 Å². The Morgan fingerprint density at radius 3 is 2.72 bits per heavy atom. The van der Waals surface area contributed by atoms with Gasteiger partial charge in [0.2, 0.25) is 5.89 Å². The molecule has 4 rings (SSSR count). The molecular formula is C21H21N5O3.